The van der Waals surface area contributed by atoms with Crippen molar-refractivity contribution in [2.75, 3.05) is 29.1 Å². The molecule has 160 valence electrons. The van der Waals surface area contributed by atoms with E-state index in [9.17, 15) is 4.79 Å². The summed E-state index contributed by atoms with van der Waals surface area (Å²) in [6, 6.07) is 17.4. The molecule has 0 fully saturated rings. The Morgan fingerprint density at radius 3 is 2.77 bits per heavy atom. The number of hydrogen-bond donors (Lipinski definition) is 1. The van der Waals surface area contributed by atoms with Crippen molar-refractivity contribution in [1.82, 2.24) is 10.2 Å². The molecular weight excluding hydrogens is 430 g/mol. The minimum atomic E-state index is -0.0900. The SMILES string of the molecule is CCOc1ccc(N(CCC#N)C(=O)CSc2nnc(Nc3cccc(C)c3)s2)cc1. The van der Waals surface area contributed by atoms with Crippen molar-refractivity contribution in [2.45, 2.75) is 24.6 Å². The van der Waals surface area contributed by atoms with Crippen molar-refractivity contribution in [1.29, 1.82) is 5.26 Å². The van der Waals surface area contributed by atoms with Crippen LogP contribution in [0.5, 0.6) is 5.75 Å². The van der Waals surface area contributed by atoms with Crippen molar-refractivity contribution in [2.24, 2.45) is 0 Å². The first kappa shape index (κ1) is 22.6. The fraction of sp³-hybridized carbons (Fsp3) is 0.273. The molecule has 0 unspecified atom stereocenters. The van der Waals surface area contributed by atoms with E-state index in [0.29, 0.717) is 22.6 Å². The van der Waals surface area contributed by atoms with E-state index in [1.165, 1.54) is 23.1 Å². The van der Waals surface area contributed by atoms with E-state index < -0.39 is 0 Å². The van der Waals surface area contributed by atoms with Gasteiger partial charge in [-0.25, -0.2) is 0 Å². The van der Waals surface area contributed by atoms with E-state index in [4.69, 9.17) is 10.00 Å². The maximum atomic E-state index is 12.9. The topological polar surface area (TPSA) is 91.1 Å². The summed E-state index contributed by atoms with van der Waals surface area (Å²) in [5.41, 5.74) is 2.84. The number of nitrogens with zero attached hydrogens (tertiary/aromatic N) is 4. The third-order valence-corrected chi connectivity index (χ3v) is 6.16. The fourth-order valence-electron chi connectivity index (χ4n) is 2.81. The van der Waals surface area contributed by atoms with Crippen LogP contribution in [0.4, 0.5) is 16.5 Å². The average molecular weight is 454 g/mol. The molecule has 0 aliphatic rings. The van der Waals surface area contributed by atoms with Crippen molar-refractivity contribution in [3.8, 4) is 11.8 Å². The molecule has 7 nitrogen and oxygen atoms in total. The van der Waals surface area contributed by atoms with Gasteiger partial charge in [-0.15, -0.1) is 10.2 Å². The summed E-state index contributed by atoms with van der Waals surface area (Å²) in [5.74, 6) is 0.862. The molecule has 9 heteroatoms. The van der Waals surface area contributed by atoms with Gasteiger partial charge in [-0.3, -0.25) is 4.79 Å². The summed E-state index contributed by atoms with van der Waals surface area (Å²) in [6.45, 7) is 4.86. The zero-order valence-corrected chi connectivity index (χ0v) is 19.0. The first-order valence-electron chi connectivity index (χ1n) is 9.79. The molecule has 3 aromatic rings. The first-order valence-corrected chi connectivity index (χ1v) is 11.6. The highest BCUT2D eigenvalue weighted by Crippen LogP contribution is 2.29. The molecule has 0 aliphatic carbocycles. The van der Waals surface area contributed by atoms with Crippen molar-refractivity contribution < 1.29 is 9.53 Å². The molecule has 0 atom stereocenters. The largest absolute Gasteiger partial charge is 0.494 e. The van der Waals surface area contributed by atoms with Gasteiger partial charge >= 0.3 is 0 Å². The smallest absolute Gasteiger partial charge is 0.237 e. The number of amides is 1. The highest BCUT2D eigenvalue weighted by Gasteiger charge is 2.17. The van der Waals surface area contributed by atoms with Gasteiger partial charge < -0.3 is 15.0 Å². The predicted octanol–water partition coefficient (Wildman–Crippen LogP) is 5.03. The Balaban J connectivity index is 1.61. The summed E-state index contributed by atoms with van der Waals surface area (Å²) >= 11 is 2.74. The van der Waals surface area contributed by atoms with Gasteiger partial charge in [0.25, 0.3) is 0 Å². The molecule has 1 amide bonds. The summed E-state index contributed by atoms with van der Waals surface area (Å²) in [6.07, 6.45) is 0.257. The van der Waals surface area contributed by atoms with Gasteiger partial charge in [-0.2, -0.15) is 5.26 Å². The van der Waals surface area contributed by atoms with Crippen molar-refractivity contribution >= 4 is 45.5 Å². The molecule has 0 saturated heterocycles. The zero-order chi connectivity index (χ0) is 22.1. The minimum Gasteiger partial charge on any atom is -0.494 e. The number of carbonyl (C=O) groups excluding carboxylic acids is 1. The Hall–Kier alpha value is -3.09. The number of ether oxygens (including phenoxy) is 1. The molecular formula is C22H23N5O2S2. The second-order valence-electron chi connectivity index (χ2n) is 6.54. The van der Waals surface area contributed by atoms with Crippen LogP contribution in [0.15, 0.2) is 52.9 Å². The molecule has 0 aliphatic heterocycles. The monoisotopic (exact) mass is 453 g/mol. The molecule has 1 heterocycles. The molecule has 0 radical (unpaired) electrons. The van der Waals surface area contributed by atoms with Crippen molar-refractivity contribution in [3.05, 3.63) is 54.1 Å². The lowest BCUT2D eigenvalue weighted by Gasteiger charge is -2.21. The number of carbonyl (C=O) groups is 1. The summed E-state index contributed by atoms with van der Waals surface area (Å²) in [7, 11) is 0. The van der Waals surface area contributed by atoms with Crippen LogP contribution in [0.3, 0.4) is 0 Å². The highest BCUT2D eigenvalue weighted by molar-refractivity contribution is 8.01. The number of aromatic nitrogens is 2. The zero-order valence-electron chi connectivity index (χ0n) is 17.4. The average Bonchev–Trinajstić information content (AvgIpc) is 3.21. The minimum absolute atomic E-state index is 0.0900. The quantitative estimate of drug-likeness (QED) is 0.431. The van der Waals surface area contributed by atoms with E-state index in [0.717, 1.165) is 22.7 Å². The number of aryl methyl sites for hydroxylation is 1. The number of nitrogens with one attached hydrogen (secondary N) is 1. The normalized spacial score (nSPS) is 10.4. The van der Waals surface area contributed by atoms with Crippen LogP contribution in [0.2, 0.25) is 0 Å². The molecule has 3 rings (SSSR count). The molecule has 1 aromatic heterocycles. The summed E-state index contributed by atoms with van der Waals surface area (Å²) < 4.78 is 6.16. The maximum absolute atomic E-state index is 12.9. The number of thioether (sulfide) groups is 1. The maximum Gasteiger partial charge on any atom is 0.237 e. The molecule has 0 bridgehead atoms. The van der Waals surface area contributed by atoms with Gasteiger partial charge in [0.15, 0.2) is 4.34 Å². The van der Waals surface area contributed by atoms with E-state index >= 15 is 0 Å². The second kappa shape index (κ2) is 11.3. The van der Waals surface area contributed by atoms with Crippen LogP contribution < -0.4 is 15.0 Å². The number of hydrogen-bond acceptors (Lipinski definition) is 8. The second-order valence-corrected chi connectivity index (χ2v) is 8.74. The standard InChI is InChI=1S/C22H23N5O2S2/c1-3-29-19-10-8-18(9-11-19)27(13-5-12-23)20(28)15-30-22-26-25-21(31-22)24-17-7-4-6-16(2)14-17/h4,6-11,14H,3,5,13,15H2,1-2H3,(H,24,25). The Morgan fingerprint density at radius 1 is 1.26 bits per heavy atom. The van der Waals surface area contributed by atoms with E-state index in [2.05, 4.69) is 21.6 Å². The molecule has 0 spiro atoms. The van der Waals surface area contributed by atoms with Crippen LogP contribution in [0, 0.1) is 18.3 Å². The van der Waals surface area contributed by atoms with Crippen LogP contribution in [-0.2, 0) is 4.79 Å². The van der Waals surface area contributed by atoms with Gasteiger partial charge in [-0.05, 0) is 55.8 Å². The number of nitriles is 1. The highest BCUT2D eigenvalue weighted by atomic mass is 32.2. The Kier molecular flexibility index (Phi) is 8.27. The molecule has 31 heavy (non-hydrogen) atoms. The molecule has 1 N–H and O–H groups in total. The van der Waals surface area contributed by atoms with E-state index in [1.54, 1.807) is 4.90 Å². The van der Waals surface area contributed by atoms with Crippen LogP contribution in [0.1, 0.15) is 18.9 Å². The van der Waals surface area contributed by atoms with Gasteiger partial charge in [0.2, 0.25) is 11.0 Å². The number of benzene rings is 2. The van der Waals surface area contributed by atoms with Crippen LogP contribution in [-0.4, -0.2) is 35.0 Å². The van der Waals surface area contributed by atoms with Crippen molar-refractivity contribution in [3.63, 3.8) is 0 Å². The fourth-order valence-corrected chi connectivity index (χ4v) is 4.46. The van der Waals surface area contributed by atoms with Gasteiger partial charge in [0, 0.05) is 17.9 Å². The molecule has 0 saturated carbocycles. The van der Waals surface area contributed by atoms with E-state index in [1.807, 2.05) is 62.4 Å². The first-order chi connectivity index (χ1) is 15.1. The third kappa shape index (κ3) is 6.70. The predicted molar refractivity (Wildman–Crippen MR) is 125 cm³/mol. The third-order valence-electron chi connectivity index (χ3n) is 4.20. The van der Waals surface area contributed by atoms with Gasteiger partial charge in [0.1, 0.15) is 5.75 Å². The van der Waals surface area contributed by atoms with Crippen LogP contribution in [0.25, 0.3) is 0 Å². The number of rotatable bonds is 10. The van der Waals surface area contributed by atoms with Gasteiger partial charge in [-0.1, -0.05) is 35.2 Å². The Bertz CT molecular complexity index is 1050. The summed E-state index contributed by atoms with van der Waals surface area (Å²) in [4.78, 5) is 14.5. The Labute approximate surface area is 190 Å². The lowest BCUT2D eigenvalue weighted by molar-refractivity contribution is -0.116. The van der Waals surface area contributed by atoms with Crippen LogP contribution >= 0.6 is 23.1 Å². The van der Waals surface area contributed by atoms with Gasteiger partial charge in [0.05, 0.1) is 24.8 Å². The number of anilines is 3. The van der Waals surface area contributed by atoms with E-state index in [-0.39, 0.29) is 18.1 Å². The lowest BCUT2D eigenvalue weighted by atomic mass is 10.2. The lowest BCUT2D eigenvalue weighted by Crippen LogP contribution is -2.33. The summed E-state index contributed by atoms with van der Waals surface area (Å²) in [5, 5.41) is 21.2. The Morgan fingerprint density at radius 2 is 2.06 bits per heavy atom. The molecule has 2 aromatic carbocycles.